The lowest BCUT2D eigenvalue weighted by atomic mass is 10.3. The standard InChI is InChI=1S/C11H14ClNO4/c1-7(2)16-5-6-17-9-4-3-8(12)10(13-9)11(14)15/h3-4,7H,5-6H2,1-2H3,(H,14,15). The summed E-state index contributed by atoms with van der Waals surface area (Å²) in [6, 6.07) is 2.96. The Balaban J connectivity index is 2.54. The van der Waals surface area contributed by atoms with Crippen LogP contribution in [0.3, 0.4) is 0 Å². The van der Waals surface area contributed by atoms with Gasteiger partial charge in [-0.1, -0.05) is 11.6 Å². The van der Waals surface area contributed by atoms with Crippen LogP contribution < -0.4 is 4.74 Å². The minimum Gasteiger partial charge on any atom is -0.476 e. The number of hydrogen-bond donors (Lipinski definition) is 1. The Morgan fingerprint density at radius 2 is 2.18 bits per heavy atom. The number of halogens is 1. The Morgan fingerprint density at radius 3 is 2.76 bits per heavy atom. The van der Waals surface area contributed by atoms with E-state index >= 15 is 0 Å². The van der Waals surface area contributed by atoms with Crippen molar-refractivity contribution in [3.05, 3.63) is 22.8 Å². The quantitative estimate of drug-likeness (QED) is 0.794. The molecule has 1 aromatic heterocycles. The number of aromatic nitrogens is 1. The van der Waals surface area contributed by atoms with Crippen molar-refractivity contribution < 1.29 is 19.4 Å². The van der Waals surface area contributed by atoms with E-state index in [2.05, 4.69) is 4.98 Å². The Hall–Kier alpha value is -1.33. The van der Waals surface area contributed by atoms with E-state index in [1.807, 2.05) is 13.8 Å². The lowest BCUT2D eigenvalue weighted by Crippen LogP contribution is -2.12. The van der Waals surface area contributed by atoms with Gasteiger partial charge in [0, 0.05) is 6.07 Å². The molecule has 0 fully saturated rings. The number of ether oxygens (including phenoxy) is 2. The van der Waals surface area contributed by atoms with Gasteiger partial charge in [0.1, 0.15) is 6.61 Å². The first-order valence-electron chi connectivity index (χ1n) is 5.15. The highest BCUT2D eigenvalue weighted by Gasteiger charge is 2.11. The summed E-state index contributed by atoms with van der Waals surface area (Å²) in [5, 5.41) is 8.89. The van der Waals surface area contributed by atoms with Gasteiger partial charge in [-0.05, 0) is 19.9 Å². The minimum atomic E-state index is -1.18. The van der Waals surface area contributed by atoms with Crippen molar-refractivity contribution in [2.45, 2.75) is 20.0 Å². The molecule has 0 atom stereocenters. The summed E-state index contributed by atoms with van der Waals surface area (Å²) in [6.07, 6.45) is 0.131. The Morgan fingerprint density at radius 1 is 1.47 bits per heavy atom. The Bertz CT molecular complexity index is 395. The molecule has 1 N–H and O–H groups in total. The van der Waals surface area contributed by atoms with Crippen LogP contribution in [-0.4, -0.2) is 35.4 Å². The lowest BCUT2D eigenvalue weighted by Gasteiger charge is -2.09. The first-order valence-corrected chi connectivity index (χ1v) is 5.52. The van der Waals surface area contributed by atoms with E-state index in [0.29, 0.717) is 13.2 Å². The molecule has 0 unspecified atom stereocenters. The molecule has 0 saturated carbocycles. The molecule has 94 valence electrons. The van der Waals surface area contributed by atoms with E-state index in [4.69, 9.17) is 26.2 Å². The second kappa shape index (κ2) is 6.42. The highest BCUT2D eigenvalue weighted by Crippen LogP contribution is 2.17. The molecule has 0 amide bonds. The zero-order chi connectivity index (χ0) is 12.8. The third-order valence-corrected chi connectivity index (χ3v) is 2.11. The first-order chi connectivity index (χ1) is 8.00. The molecule has 0 aliphatic heterocycles. The first kappa shape index (κ1) is 13.7. The zero-order valence-corrected chi connectivity index (χ0v) is 10.4. The molecule has 0 aromatic carbocycles. The fourth-order valence-corrected chi connectivity index (χ4v) is 1.27. The number of rotatable bonds is 6. The average molecular weight is 260 g/mol. The van der Waals surface area contributed by atoms with Gasteiger partial charge >= 0.3 is 5.97 Å². The van der Waals surface area contributed by atoms with Crippen molar-refractivity contribution in [1.29, 1.82) is 0 Å². The molecule has 17 heavy (non-hydrogen) atoms. The summed E-state index contributed by atoms with van der Waals surface area (Å²) >= 11 is 5.67. The van der Waals surface area contributed by atoms with Crippen molar-refractivity contribution in [2.75, 3.05) is 13.2 Å². The van der Waals surface area contributed by atoms with Gasteiger partial charge in [0.05, 0.1) is 17.7 Å². The number of hydrogen-bond acceptors (Lipinski definition) is 4. The second-order valence-corrected chi connectivity index (χ2v) is 3.96. The predicted molar refractivity (Wildman–Crippen MR) is 62.8 cm³/mol. The highest BCUT2D eigenvalue weighted by atomic mass is 35.5. The minimum absolute atomic E-state index is 0.0864. The molecule has 0 aliphatic rings. The van der Waals surface area contributed by atoms with Gasteiger partial charge in [0.25, 0.3) is 0 Å². The van der Waals surface area contributed by atoms with Gasteiger partial charge in [-0.25, -0.2) is 9.78 Å². The Labute approximate surface area is 104 Å². The van der Waals surface area contributed by atoms with Crippen molar-refractivity contribution in [1.82, 2.24) is 4.98 Å². The Kier molecular flexibility index (Phi) is 5.18. The highest BCUT2D eigenvalue weighted by molar-refractivity contribution is 6.33. The van der Waals surface area contributed by atoms with Crippen LogP contribution in [0.1, 0.15) is 24.3 Å². The zero-order valence-electron chi connectivity index (χ0n) is 9.64. The topological polar surface area (TPSA) is 68.7 Å². The van der Waals surface area contributed by atoms with Crippen LogP contribution in [0, 0.1) is 0 Å². The second-order valence-electron chi connectivity index (χ2n) is 3.55. The molecule has 0 bridgehead atoms. The number of aromatic carboxylic acids is 1. The number of pyridine rings is 1. The summed E-state index contributed by atoms with van der Waals surface area (Å²) < 4.78 is 10.5. The third-order valence-electron chi connectivity index (χ3n) is 1.81. The number of carboxylic acid groups (broad SMARTS) is 1. The van der Waals surface area contributed by atoms with E-state index in [-0.39, 0.29) is 22.7 Å². The van der Waals surface area contributed by atoms with Crippen molar-refractivity contribution >= 4 is 17.6 Å². The molecule has 1 aromatic rings. The fourth-order valence-electron chi connectivity index (χ4n) is 1.08. The lowest BCUT2D eigenvalue weighted by molar-refractivity contribution is 0.0540. The number of carboxylic acids is 1. The van der Waals surface area contributed by atoms with Crippen LogP contribution in [0.15, 0.2) is 12.1 Å². The molecule has 0 saturated heterocycles. The van der Waals surface area contributed by atoms with Gasteiger partial charge in [0.2, 0.25) is 5.88 Å². The molecule has 1 rings (SSSR count). The number of nitrogens with zero attached hydrogens (tertiary/aromatic N) is 1. The van der Waals surface area contributed by atoms with Gasteiger partial charge < -0.3 is 14.6 Å². The van der Waals surface area contributed by atoms with Crippen molar-refractivity contribution in [2.24, 2.45) is 0 Å². The molecule has 0 radical (unpaired) electrons. The molecule has 0 spiro atoms. The van der Waals surface area contributed by atoms with Crippen LogP contribution in [0.25, 0.3) is 0 Å². The van der Waals surface area contributed by atoms with Crippen LogP contribution in [0.4, 0.5) is 0 Å². The summed E-state index contributed by atoms with van der Waals surface area (Å²) in [5.41, 5.74) is -0.214. The maximum Gasteiger partial charge on any atom is 0.356 e. The van der Waals surface area contributed by atoms with E-state index in [9.17, 15) is 4.79 Å². The van der Waals surface area contributed by atoms with Crippen molar-refractivity contribution in [3.8, 4) is 5.88 Å². The maximum absolute atomic E-state index is 10.8. The summed E-state index contributed by atoms with van der Waals surface area (Å²) in [6.45, 7) is 4.57. The van der Waals surface area contributed by atoms with Crippen LogP contribution in [-0.2, 0) is 4.74 Å². The monoisotopic (exact) mass is 259 g/mol. The number of carbonyl (C=O) groups is 1. The molecule has 1 heterocycles. The van der Waals surface area contributed by atoms with E-state index < -0.39 is 5.97 Å². The molecular weight excluding hydrogens is 246 g/mol. The average Bonchev–Trinajstić information content (AvgIpc) is 2.25. The van der Waals surface area contributed by atoms with Gasteiger partial charge in [0.15, 0.2) is 5.69 Å². The van der Waals surface area contributed by atoms with E-state index in [1.165, 1.54) is 12.1 Å². The largest absolute Gasteiger partial charge is 0.476 e. The molecule has 6 heteroatoms. The van der Waals surface area contributed by atoms with Crippen LogP contribution >= 0.6 is 11.6 Å². The van der Waals surface area contributed by atoms with Gasteiger partial charge in [-0.2, -0.15) is 0 Å². The SMILES string of the molecule is CC(C)OCCOc1ccc(Cl)c(C(=O)O)n1. The smallest absolute Gasteiger partial charge is 0.356 e. The van der Waals surface area contributed by atoms with E-state index in [1.54, 1.807) is 0 Å². The van der Waals surface area contributed by atoms with Gasteiger partial charge in [-0.15, -0.1) is 0 Å². The molecule has 5 nitrogen and oxygen atoms in total. The van der Waals surface area contributed by atoms with Crippen molar-refractivity contribution in [3.63, 3.8) is 0 Å². The summed E-state index contributed by atoms with van der Waals surface area (Å²) in [5.74, 6) is -0.960. The third kappa shape index (κ3) is 4.58. The molecule has 0 aliphatic carbocycles. The van der Waals surface area contributed by atoms with E-state index in [0.717, 1.165) is 0 Å². The predicted octanol–water partition coefficient (Wildman–Crippen LogP) is 2.24. The van der Waals surface area contributed by atoms with Gasteiger partial charge in [-0.3, -0.25) is 0 Å². The summed E-state index contributed by atoms with van der Waals surface area (Å²) in [4.78, 5) is 14.5. The van der Waals surface area contributed by atoms with Crippen LogP contribution in [0.2, 0.25) is 5.02 Å². The van der Waals surface area contributed by atoms with Crippen LogP contribution in [0.5, 0.6) is 5.88 Å². The molecular formula is C11H14ClNO4. The summed E-state index contributed by atoms with van der Waals surface area (Å²) in [7, 11) is 0. The normalized spacial score (nSPS) is 10.6. The fraction of sp³-hybridized carbons (Fsp3) is 0.455. The maximum atomic E-state index is 10.8.